The van der Waals surface area contributed by atoms with Crippen molar-refractivity contribution in [3.05, 3.63) is 63.2 Å². The zero-order valence-electron chi connectivity index (χ0n) is 10.4. The molecule has 0 aliphatic heterocycles. The molecule has 3 nitrogen and oxygen atoms in total. The Morgan fingerprint density at radius 1 is 1.11 bits per heavy atom. The monoisotopic (exact) mass is 387 g/mol. The third-order valence-electron chi connectivity index (χ3n) is 2.74. The summed E-state index contributed by atoms with van der Waals surface area (Å²) in [5.74, 6) is 0. The lowest BCUT2D eigenvalue weighted by Crippen LogP contribution is -2.24. The molecule has 2 rings (SSSR count). The van der Waals surface area contributed by atoms with Gasteiger partial charge in [0.15, 0.2) is 0 Å². The second-order valence-electron chi connectivity index (χ2n) is 4.22. The van der Waals surface area contributed by atoms with Gasteiger partial charge < -0.3 is 0 Å². The molecule has 0 fully saturated rings. The quantitative estimate of drug-likeness (QED) is 0.820. The van der Waals surface area contributed by atoms with Crippen LogP contribution < -0.4 is 4.72 Å². The molecule has 0 heterocycles. The summed E-state index contributed by atoms with van der Waals surface area (Å²) >= 11 is 2.17. The van der Waals surface area contributed by atoms with Crippen LogP contribution in [0.2, 0.25) is 0 Å². The van der Waals surface area contributed by atoms with Crippen LogP contribution in [0.4, 0.5) is 0 Å². The second kappa shape index (κ2) is 6.02. The van der Waals surface area contributed by atoms with E-state index >= 15 is 0 Å². The molecule has 0 unspecified atom stereocenters. The maximum atomic E-state index is 12.2. The van der Waals surface area contributed by atoms with Crippen molar-refractivity contribution in [2.45, 2.75) is 18.4 Å². The van der Waals surface area contributed by atoms with Crippen LogP contribution in [0, 0.1) is 10.5 Å². The Morgan fingerprint density at radius 2 is 1.79 bits per heavy atom. The van der Waals surface area contributed by atoms with Crippen LogP contribution in [0.3, 0.4) is 0 Å². The molecule has 0 radical (unpaired) electrons. The maximum Gasteiger partial charge on any atom is 0.241 e. The highest BCUT2D eigenvalue weighted by Crippen LogP contribution is 2.18. The Kier molecular flexibility index (Phi) is 4.59. The molecule has 0 aromatic heterocycles. The minimum Gasteiger partial charge on any atom is -0.207 e. The van der Waals surface area contributed by atoms with Gasteiger partial charge in [0.2, 0.25) is 10.0 Å². The van der Waals surface area contributed by atoms with Crippen molar-refractivity contribution >= 4 is 32.6 Å². The van der Waals surface area contributed by atoms with Crippen molar-refractivity contribution < 1.29 is 8.42 Å². The minimum absolute atomic E-state index is 0.300. The Morgan fingerprint density at radius 3 is 2.42 bits per heavy atom. The zero-order chi connectivity index (χ0) is 13.9. The summed E-state index contributed by atoms with van der Waals surface area (Å²) in [7, 11) is -3.46. The molecule has 2 aromatic rings. The van der Waals surface area contributed by atoms with Gasteiger partial charge in [-0.25, -0.2) is 13.1 Å². The number of nitrogens with one attached hydrogen (secondary N) is 1. The predicted octanol–water partition coefficient (Wildman–Crippen LogP) is 3.08. The first-order chi connectivity index (χ1) is 8.99. The van der Waals surface area contributed by atoms with Crippen LogP contribution in [0.5, 0.6) is 0 Å². The first-order valence-corrected chi connectivity index (χ1v) is 8.35. The minimum atomic E-state index is -3.46. The number of hydrogen-bond acceptors (Lipinski definition) is 2. The lowest BCUT2D eigenvalue weighted by atomic mass is 10.2. The van der Waals surface area contributed by atoms with Gasteiger partial charge in [-0.3, -0.25) is 0 Å². The third kappa shape index (κ3) is 3.77. The fourth-order valence-corrected chi connectivity index (χ4v) is 3.66. The first-order valence-electron chi connectivity index (χ1n) is 5.79. The normalized spacial score (nSPS) is 11.5. The molecule has 0 spiro atoms. The van der Waals surface area contributed by atoms with Gasteiger partial charge in [0, 0.05) is 10.1 Å². The van der Waals surface area contributed by atoms with Crippen LogP contribution in [0.15, 0.2) is 53.4 Å². The Labute approximate surface area is 127 Å². The molecule has 1 N–H and O–H groups in total. The average molecular weight is 387 g/mol. The largest absolute Gasteiger partial charge is 0.241 e. The van der Waals surface area contributed by atoms with E-state index in [1.54, 1.807) is 19.1 Å². The molecule has 100 valence electrons. The number of halogens is 1. The van der Waals surface area contributed by atoms with Crippen molar-refractivity contribution in [2.75, 3.05) is 0 Å². The summed E-state index contributed by atoms with van der Waals surface area (Å²) in [4.78, 5) is 0.337. The van der Waals surface area contributed by atoms with Crippen molar-refractivity contribution in [2.24, 2.45) is 0 Å². The molecule has 0 bridgehead atoms. The summed E-state index contributed by atoms with van der Waals surface area (Å²) < 4.78 is 28.1. The molecule has 0 saturated heterocycles. The highest BCUT2D eigenvalue weighted by Gasteiger charge is 2.16. The van der Waals surface area contributed by atoms with Gasteiger partial charge in [0.25, 0.3) is 0 Å². The summed E-state index contributed by atoms with van der Waals surface area (Å²) in [5.41, 5.74) is 1.70. The van der Waals surface area contributed by atoms with E-state index < -0.39 is 10.0 Å². The van der Waals surface area contributed by atoms with Gasteiger partial charge in [-0.1, -0.05) is 30.3 Å². The highest BCUT2D eigenvalue weighted by atomic mass is 127. The number of aryl methyl sites for hydroxylation is 1. The molecule has 0 saturated carbocycles. The number of hydrogen-bond donors (Lipinski definition) is 1. The summed E-state index contributed by atoms with van der Waals surface area (Å²) in [5, 5.41) is 0. The fourth-order valence-electron chi connectivity index (χ4n) is 1.77. The second-order valence-corrected chi connectivity index (χ2v) is 7.20. The van der Waals surface area contributed by atoms with Crippen molar-refractivity contribution in [3.8, 4) is 0 Å². The summed E-state index contributed by atoms with van der Waals surface area (Å²) in [6, 6.07) is 14.8. The number of benzene rings is 2. The lowest BCUT2D eigenvalue weighted by molar-refractivity contribution is 0.580. The predicted molar refractivity (Wildman–Crippen MR) is 84.4 cm³/mol. The zero-order valence-corrected chi connectivity index (χ0v) is 13.4. The topological polar surface area (TPSA) is 46.2 Å². The summed E-state index contributed by atoms with van der Waals surface area (Å²) in [6.07, 6.45) is 0. The van der Waals surface area contributed by atoms with Crippen LogP contribution in [0.1, 0.15) is 11.1 Å². The van der Waals surface area contributed by atoms with Gasteiger partial charge in [-0.2, -0.15) is 0 Å². The van der Waals surface area contributed by atoms with Gasteiger partial charge >= 0.3 is 0 Å². The van der Waals surface area contributed by atoms with Gasteiger partial charge in [-0.05, 0) is 58.8 Å². The fraction of sp³-hybridized carbons (Fsp3) is 0.143. The molecule has 0 aliphatic rings. The van der Waals surface area contributed by atoms with Crippen LogP contribution >= 0.6 is 22.6 Å². The van der Waals surface area contributed by atoms with Crippen molar-refractivity contribution in [1.29, 1.82) is 0 Å². The van der Waals surface area contributed by atoms with E-state index in [1.165, 1.54) is 0 Å². The van der Waals surface area contributed by atoms with Gasteiger partial charge in [-0.15, -0.1) is 0 Å². The van der Waals surface area contributed by atoms with Crippen LogP contribution in [0.25, 0.3) is 0 Å². The van der Waals surface area contributed by atoms with E-state index in [4.69, 9.17) is 0 Å². The molecular weight excluding hydrogens is 373 g/mol. The Balaban J connectivity index is 2.19. The standard InChI is InChI=1S/C14H14INO2S/c1-11-9-13(15)7-8-14(11)19(17,18)16-10-12-5-3-2-4-6-12/h2-9,16H,10H2,1H3. The first kappa shape index (κ1) is 14.5. The molecule has 19 heavy (non-hydrogen) atoms. The van der Waals surface area contributed by atoms with Gasteiger partial charge in [0.1, 0.15) is 0 Å². The Bertz CT molecular complexity index is 669. The van der Waals surface area contributed by atoms with Gasteiger partial charge in [0.05, 0.1) is 4.90 Å². The van der Waals surface area contributed by atoms with Crippen molar-refractivity contribution in [3.63, 3.8) is 0 Å². The Hall–Kier alpha value is -0.920. The molecule has 0 amide bonds. The SMILES string of the molecule is Cc1cc(I)ccc1S(=O)(=O)NCc1ccccc1. The molecule has 5 heteroatoms. The summed E-state index contributed by atoms with van der Waals surface area (Å²) in [6.45, 7) is 2.11. The van der Waals surface area contributed by atoms with E-state index in [-0.39, 0.29) is 0 Å². The highest BCUT2D eigenvalue weighted by molar-refractivity contribution is 14.1. The smallest absolute Gasteiger partial charge is 0.207 e. The molecule has 0 aliphatic carbocycles. The van der Waals surface area contributed by atoms with Crippen molar-refractivity contribution in [1.82, 2.24) is 4.72 Å². The lowest BCUT2D eigenvalue weighted by Gasteiger charge is -2.09. The van der Waals surface area contributed by atoms with E-state index in [9.17, 15) is 8.42 Å². The molecule has 0 atom stereocenters. The number of sulfonamides is 1. The van der Waals surface area contributed by atoms with E-state index in [0.717, 1.165) is 14.7 Å². The van der Waals surface area contributed by atoms with E-state index in [0.29, 0.717) is 11.4 Å². The maximum absolute atomic E-state index is 12.2. The average Bonchev–Trinajstić information content (AvgIpc) is 2.37. The van der Waals surface area contributed by atoms with E-state index in [1.807, 2.05) is 36.4 Å². The van der Waals surface area contributed by atoms with E-state index in [2.05, 4.69) is 27.3 Å². The molecular formula is C14H14INO2S. The third-order valence-corrected chi connectivity index (χ3v) is 4.97. The van der Waals surface area contributed by atoms with Crippen LogP contribution in [-0.4, -0.2) is 8.42 Å². The van der Waals surface area contributed by atoms with Crippen LogP contribution in [-0.2, 0) is 16.6 Å². The number of rotatable bonds is 4. The molecule has 2 aromatic carbocycles.